The number of hydrogen-bond acceptors (Lipinski definition) is 6. The Morgan fingerprint density at radius 1 is 0.917 bits per heavy atom. The molecule has 0 spiro atoms. The van der Waals surface area contributed by atoms with Crippen LogP contribution in [0.1, 0.15) is 0 Å². The van der Waals surface area contributed by atoms with Gasteiger partial charge in [0.05, 0.1) is 11.4 Å². The van der Waals surface area contributed by atoms with E-state index in [1.54, 1.807) is 0 Å². The van der Waals surface area contributed by atoms with Crippen molar-refractivity contribution in [1.82, 2.24) is 6.15 Å². The van der Waals surface area contributed by atoms with Crippen molar-refractivity contribution in [3.05, 3.63) is 0 Å². The van der Waals surface area contributed by atoms with E-state index in [9.17, 15) is 0 Å². The molecule has 0 fully saturated rings. The van der Waals surface area contributed by atoms with Crippen LogP contribution < -0.4 is 6.15 Å². The predicted molar refractivity (Wildman–Crippen MR) is 26.3 cm³/mol. The Kier molecular flexibility index (Phi) is 89.3. The Morgan fingerprint density at radius 3 is 0.917 bits per heavy atom. The summed E-state index contributed by atoms with van der Waals surface area (Å²) >= 11 is -5.97. The second kappa shape index (κ2) is 29.2. The first-order valence-electron chi connectivity index (χ1n) is 1.02. The first kappa shape index (κ1) is 36.7. The van der Waals surface area contributed by atoms with E-state index in [0.29, 0.717) is 0 Å². The molecule has 0 aliphatic carbocycles. The molecule has 0 aliphatic heterocycles. The number of hydrogen-bond donors (Lipinski definition) is 2. The molecule has 0 radical (unpaired) electrons. The molecule has 0 saturated heterocycles. The molecule has 0 aromatic carbocycles. The minimum absolute atomic E-state index is 0. The van der Waals surface area contributed by atoms with Crippen molar-refractivity contribution in [2.45, 2.75) is 0 Å². The molecule has 1 unspecified atom stereocenters. The predicted octanol–water partition coefficient (Wildman–Crippen LogP) is -1.51. The Labute approximate surface area is 121 Å². The van der Waals surface area contributed by atoms with E-state index in [2.05, 4.69) is 0 Å². The molecule has 0 aliphatic rings. The van der Waals surface area contributed by atoms with Gasteiger partial charge in [-0.1, -0.05) is 0 Å². The van der Waals surface area contributed by atoms with Gasteiger partial charge >= 0.3 is 67.1 Å². The minimum Gasteiger partial charge on any atom is -0.784 e. The van der Waals surface area contributed by atoms with Crippen LogP contribution in [-0.4, -0.2) is 26.6 Å². The topological polar surface area (TPSA) is 159 Å². The zero-order valence-electron chi connectivity index (χ0n) is 4.92. The third kappa shape index (κ3) is 293. The fourth-order valence-corrected chi connectivity index (χ4v) is 0. The molecule has 0 amide bonds. The van der Waals surface area contributed by atoms with Crippen molar-refractivity contribution in [1.29, 1.82) is 0 Å². The van der Waals surface area contributed by atoms with E-state index in [1.165, 1.54) is 0 Å². The zero-order valence-corrected chi connectivity index (χ0v) is 13.0. The summed E-state index contributed by atoms with van der Waals surface area (Å²) in [5, 5.41) is 0. The smallest absolute Gasteiger partial charge is 0.784 e. The van der Waals surface area contributed by atoms with E-state index in [-0.39, 0.29) is 73.3 Å². The van der Waals surface area contributed by atoms with E-state index in [1.807, 2.05) is 0 Å². The molecule has 0 aromatic heterocycles. The second-order valence-corrected chi connectivity index (χ2v) is 1.26. The van der Waals surface area contributed by atoms with E-state index in [4.69, 9.17) is 26.6 Å². The Bertz CT molecular complexity index is 78.8. The van der Waals surface area contributed by atoms with Crippen molar-refractivity contribution in [2.75, 3.05) is 0 Å². The monoisotopic (exact) mass is 769 g/mol. The largest absolute Gasteiger partial charge is 1.00 e. The van der Waals surface area contributed by atoms with E-state index in [0.717, 1.165) is 0 Å². The van der Waals surface area contributed by atoms with Crippen LogP contribution in [0.4, 0.5) is 0 Å². The third-order valence-electron chi connectivity index (χ3n) is 0. The summed E-state index contributed by atoms with van der Waals surface area (Å²) in [7, 11) is 0. The summed E-state index contributed by atoms with van der Waals surface area (Å²) < 4.78 is 49.4. The van der Waals surface area contributed by atoms with E-state index >= 15 is 0 Å². The van der Waals surface area contributed by atoms with Crippen molar-refractivity contribution in [2.24, 2.45) is 0 Å². The molecule has 0 bridgehead atoms. The standard InChI is InChI=1S/3Au.H3N.2H2O3S/c;;;;2*1-4(2)3/h;;;1H3;2*(H2,1,2,3)/q3*+1;;;/p-3. The van der Waals surface area contributed by atoms with Crippen LogP contribution >= 0.6 is 0 Å². The van der Waals surface area contributed by atoms with Crippen molar-refractivity contribution in [3.8, 4) is 0 Å². The van der Waals surface area contributed by atoms with Crippen LogP contribution in [0, 0.1) is 0 Å². The normalized spacial score (nSPS) is 8.08. The summed E-state index contributed by atoms with van der Waals surface area (Å²) in [4.78, 5) is 0. The van der Waals surface area contributed by atoms with Crippen molar-refractivity contribution < 1.29 is 93.8 Å². The van der Waals surface area contributed by atoms with Gasteiger partial charge in [-0.05, 0) is 0 Å². The van der Waals surface area contributed by atoms with Gasteiger partial charge in [-0.3, -0.25) is 4.21 Å². The van der Waals surface area contributed by atoms with Gasteiger partial charge in [0.1, 0.15) is 0 Å². The van der Waals surface area contributed by atoms with Gasteiger partial charge in [-0.15, -0.1) is 11.4 Å². The van der Waals surface area contributed by atoms with Crippen molar-refractivity contribution >= 4 is 22.7 Å². The average Bonchev–Trinajstić information content (AvgIpc) is 1.25. The molecule has 1 atom stereocenters. The van der Waals surface area contributed by atoms with Crippen LogP contribution in [0.2, 0.25) is 0 Å². The molecule has 0 saturated carbocycles. The molecule has 0 rings (SSSR count). The average molecular weight is 769 g/mol. The Morgan fingerprint density at radius 2 is 0.917 bits per heavy atom. The summed E-state index contributed by atoms with van der Waals surface area (Å²) in [6.45, 7) is 0. The number of rotatable bonds is 0. The van der Waals surface area contributed by atoms with Gasteiger partial charge in [0.25, 0.3) is 0 Å². The summed E-state index contributed by atoms with van der Waals surface area (Å²) in [6, 6.07) is 0. The summed E-state index contributed by atoms with van der Waals surface area (Å²) in [5.74, 6) is 0. The summed E-state index contributed by atoms with van der Waals surface area (Å²) in [6.07, 6.45) is 0. The quantitative estimate of drug-likeness (QED) is 0.224. The molecule has 0 heterocycles. The fraction of sp³-hybridized carbons (Fsp3) is 0. The van der Waals surface area contributed by atoms with Gasteiger partial charge in [0.2, 0.25) is 0 Å². The van der Waals surface area contributed by atoms with Gasteiger partial charge < -0.3 is 24.4 Å². The summed E-state index contributed by atoms with van der Waals surface area (Å²) in [5.41, 5.74) is 0. The Balaban J connectivity index is -0.0000000112. The van der Waals surface area contributed by atoms with Gasteiger partial charge in [0.15, 0.2) is 0 Å². The molecular weight excluding hydrogens is 765 g/mol. The minimum atomic E-state index is -3.11. The fourth-order valence-electron chi connectivity index (χ4n) is 0. The van der Waals surface area contributed by atoms with Crippen LogP contribution in [0.3, 0.4) is 0 Å². The maximum absolute atomic E-state index is 8.56. The maximum Gasteiger partial charge on any atom is 1.00 e. The molecule has 4 N–H and O–H groups in total. The zero-order chi connectivity index (χ0) is 7.15. The van der Waals surface area contributed by atoms with E-state index < -0.39 is 22.7 Å². The molecule has 7 nitrogen and oxygen atoms in total. The van der Waals surface area contributed by atoms with Crippen LogP contribution in [0.5, 0.6) is 0 Å². The van der Waals surface area contributed by atoms with Gasteiger partial charge in [-0.2, -0.15) is 0 Å². The van der Waals surface area contributed by atoms with Crippen LogP contribution in [0.25, 0.3) is 0 Å². The first-order valence-corrected chi connectivity index (χ1v) is 3.05. The molecule has 12 heavy (non-hydrogen) atoms. The maximum atomic E-state index is 8.56. The third-order valence-corrected chi connectivity index (χ3v) is 0. The second-order valence-electron chi connectivity index (χ2n) is 0.421. The van der Waals surface area contributed by atoms with Gasteiger partial charge in [-0.25, -0.2) is 4.21 Å². The molecule has 0 aromatic rings. The first-order chi connectivity index (χ1) is 3.46. The molecule has 12 heteroatoms. The van der Waals surface area contributed by atoms with Crippen molar-refractivity contribution in [3.63, 3.8) is 0 Å². The molecule has 90 valence electrons. The van der Waals surface area contributed by atoms with Crippen LogP contribution in [-0.2, 0) is 89.9 Å². The Hall–Kier alpha value is 2.32. The SMILES string of the molecule is N.O=S([O-])O.O=S([O-])[O-].[Au+].[Au+].[Au+]. The van der Waals surface area contributed by atoms with Crippen LogP contribution in [0.15, 0.2) is 0 Å². The van der Waals surface area contributed by atoms with Gasteiger partial charge in [0, 0.05) is 0 Å². The molecular formula is H4Au3NO6S2.